The molecular formula is C12H14F3NO. The van der Waals surface area contributed by atoms with Gasteiger partial charge in [-0.05, 0) is 37.5 Å². The molecule has 0 saturated heterocycles. The number of hydrogen-bond donors (Lipinski definition) is 1. The quantitative estimate of drug-likeness (QED) is 0.869. The second-order valence-electron chi connectivity index (χ2n) is 4.34. The summed E-state index contributed by atoms with van der Waals surface area (Å²) in [6, 6.07) is 5.06. The molecule has 1 aromatic rings. The minimum Gasteiger partial charge on any atom is -0.490 e. The fourth-order valence-corrected chi connectivity index (χ4v) is 2.02. The second-order valence-corrected chi connectivity index (χ2v) is 4.34. The van der Waals surface area contributed by atoms with Gasteiger partial charge in [-0.3, -0.25) is 0 Å². The van der Waals surface area contributed by atoms with Gasteiger partial charge in [-0.15, -0.1) is 0 Å². The predicted molar refractivity (Wildman–Crippen MR) is 57.7 cm³/mol. The summed E-state index contributed by atoms with van der Waals surface area (Å²) in [5.41, 5.74) is 5.03. The molecule has 2 rings (SSSR count). The van der Waals surface area contributed by atoms with Crippen LogP contribution in [0.3, 0.4) is 0 Å². The maximum absolute atomic E-state index is 12.5. The van der Waals surface area contributed by atoms with E-state index in [1.165, 1.54) is 6.07 Å². The maximum atomic E-state index is 12.5. The Kier molecular flexibility index (Phi) is 3.28. The van der Waals surface area contributed by atoms with Gasteiger partial charge in [0.15, 0.2) is 0 Å². The molecular weight excluding hydrogens is 231 g/mol. The van der Waals surface area contributed by atoms with Crippen molar-refractivity contribution in [2.45, 2.75) is 37.6 Å². The number of nitrogens with two attached hydrogens (primary N) is 1. The molecule has 2 atom stereocenters. The average Bonchev–Trinajstić information content (AvgIpc) is 2.63. The van der Waals surface area contributed by atoms with Crippen LogP contribution in [-0.4, -0.2) is 12.1 Å². The monoisotopic (exact) mass is 245 g/mol. The first kappa shape index (κ1) is 12.2. The summed E-state index contributed by atoms with van der Waals surface area (Å²) >= 11 is 0. The SMILES string of the molecule is NC1CCC(Oc2cccc(C(F)(F)F)c2)C1. The van der Waals surface area contributed by atoms with E-state index >= 15 is 0 Å². The van der Waals surface area contributed by atoms with E-state index in [-0.39, 0.29) is 17.9 Å². The van der Waals surface area contributed by atoms with Gasteiger partial charge in [0.1, 0.15) is 11.9 Å². The van der Waals surface area contributed by atoms with Crippen molar-refractivity contribution in [1.29, 1.82) is 0 Å². The number of halogens is 3. The van der Waals surface area contributed by atoms with Gasteiger partial charge in [0, 0.05) is 6.04 Å². The Hall–Kier alpha value is -1.23. The van der Waals surface area contributed by atoms with Gasteiger partial charge in [-0.25, -0.2) is 0 Å². The summed E-state index contributed by atoms with van der Waals surface area (Å²) in [5.74, 6) is 0.263. The molecule has 1 aliphatic rings. The van der Waals surface area contributed by atoms with Crippen LogP contribution in [0.5, 0.6) is 5.75 Å². The van der Waals surface area contributed by atoms with E-state index in [0.29, 0.717) is 6.42 Å². The van der Waals surface area contributed by atoms with E-state index in [2.05, 4.69) is 0 Å². The van der Waals surface area contributed by atoms with Crippen molar-refractivity contribution in [1.82, 2.24) is 0 Å². The van der Waals surface area contributed by atoms with E-state index in [0.717, 1.165) is 25.0 Å². The number of rotatable bonds is 2. The third-order valence-electron chi connectivity index (χ3n) is 2.89. The van der Waals surface area contributed by atoms with Crippen molar-refractivity contribution in [3.8, 4) is 5.75 Å². The summed E-state index contributed by atoms with van der Waals surface area (Å²) < 4.78 is 42.9. The number of alkyl halides is 3. The van der Waals surface area contributed by atoms with Crippen LogP contribution in [0.4, 0.5) is 13.2 Å². The van der Waals surface area contributed by atoms with Crippen LogP contribution >= 0.6 is 0 Å². The van der Waals surface area contributed by atoms with Crippen LogP contribution in [0.1, 0.15) is 24.8 Å². The van der Waals surface area contributed by atoms with Crippen LogP contribution in [0.2, 0.25) is 0 Å². The molecule has 2 unspecified atom stereocenters. The van der Waals surface area contributed by atoms with Crippen LogP contribution in [-0.2, 0) is 6.18 Å². The molecule has 1 fully saturated rings. The highest BCUT2D eigenvalue weighted by molar-refractivity contribution is 5.30. The summed E-state index contributed by atoms with van der Waals surface area (Å²) in [7, 11) is 0. The lowest BCUT2D eigenvalue weighted by Crippen LogP contribution is -2.19. The average molecular weight is 245 g/mol. The van der Waals surface area contributed by atoms with E-state index in [9.17, 15) is 13.2 Å². The second kappa shape index (κ2) is 4.56. The molecule has 94 valence electrons. The molecule has 5 heteroatoms. The zero-order chi connectivity index (χ0) is 12.5. The predicted octanol–water partition coefficient (Wildman–Crippen LogP) is 2.96. The Balaban J connectivity index is 2.06. The molecule has 1 aliphatic carbocycles. The molecule has 1 aromatic carbocycles. The standard InChI is InChI=1S/C12H14F3NO/c13-12(14,15)8-2-1-3-10(6-8)17-11-5-4-9(16)7-11/h1-3,6,9,11H,4-5,7,16H2. The highest BCUT2D eigenvalue weighted by atomic mass is 19.4. The molecule has 2 N–H and O–H groups in total. The third-order valence-corrected chi connectivity index (χ3v) is 2.89. The zero-order valence-corrected chi connectivity index (χ0v) is 9.20. The molecule has 2 nitrogen and oxygen atoms in total. The Morgan fingerprint density at radius 1 is 1.24 bits per heavy atom. The topological polar surface area (TPSA) is 35.2 Å². The van der Waals surface area contributed by atoms with Crippen molar-refractivity contribution < 1.29 is 17.9 Å². The first-order chi connectivity index (χ1) is 7.95. The maximum Gasteiger partial charge on any atom is 0.416 e. The van der Waals surface area contributed by atoms with Crippen LogP contribution in [0, 0.1) is 0 Å². The molecule has 0 aromatic heterocycles. The number of hydrogen-bond acceptors (Lipinski definition) is 2. The van der Waals surface area contributed by atoms with Gasteiger partial charge >= 0.3 is 6.18 Å². The smallest absolute Gasteiger partial charge is 0.416 e. The zero-order valence-electron chi connectivity index (χ0n) is 9.20. The van der Waals surface area contributed by atoms with E-state index < -0.39 is 11.7 Å². The van der Waals surface area contributed by atoms with Crippen molar-refractivity contribution in [2.24, 2.45) is 5.73 Å². The highest BCUT2D eigenvalue weighted by Crippen LogP contribution is 2.32. The third kappa shape index (κ3) is 3.12. The van der Waals surface area contributed by atoms with Gasteiger partial charge in [0.25, 0.3) is 0 Å². The lowest BCUT2D eigenvalue weighted by atomic mass is 10.2. The minimum absolute atomic E-state index is 0.0616. The largest absolute Gasteiger partial charge is 0.490 e. The van der Waals surface area contributed by atoms with E-state index in [1.807, 2.05) is 0 Å². The normalized spacial score (nSPS) is 24.9. The Bertz CT molecular complexity index is 392. The van der Waals surface area contributed by atoms with Crippen LogP contribution in [0.25, 0.3) is 0 Å². The van der Waals surface area contributed by atoms with E-state index in [1.54, 1.807) is 6.07 Å². The van der Waals surface area contributed by atoms with Gasteiger partial charge in [-0.2, -0.15) is 13.2 Å². The highest BCUT2D eigenvalue weighted by Gasteiger charge is 2.31. The molecule has 0 aliphatic heterocycles. The van der Waals surface area contributed by atoms with Gasteiger partial charge in [0.2, 0.25) is 0 Å². The minimum atomic E-state index is -4.33. The summed E-state index contributed by atoms with van der Waals surface area (Å²) in [4.78, 5) is 0. The molecule has 1 saturated carbocycles. The number of benzene rings is 1. The molecule has 0 spiro atoms. The Morgan fingerprint density at radius 2 is 2.00 bits per heavy atom. The Morgan fingerprint density at radius 3 is 2.59 bits per heavy atom. The first-order valence-corrected chi connectivity index (χ1v) is 5.54. The van der Waals surface area contributed by atoms with Crippen LogP contribution < -0.4 is 10.5 Å². The molecule has 17 heavy (non-hydrogen) atoms. The lowest BCUT2D eigenvalue weighted by molar-refractivity contribution is -0.137. The van der Waals surface area contributed by atoms with Gasteiger partial charge in [0.05, 0.1) is 5.56 Å². The van der Waals surface area contributed by atoms with E-state index in [4.69, 9.17) is 10.5 Å². The van der Waals surface area contributed by atoms with Crippen molar-refractivity contribution in [2.75, 3.05) is 0 Å². The Labute approximate surface area is 97.6 Å². The van der Waals surface area contributed by atoms with Crippen molar-refractivity contribution in [3.63, 3.8) is 0 Å². The summed E-state index contributed by atoms with van der Waals surface area (Å²) in [6.45, 7) is 0. The van der Waals surface area contributed by atoms with Crippen molar-refractivity contribution in [3.05, 3.63) is 29.8 Å². The lowest BCUT2D eigenvalue weighted by Gasteiger charge is -2.15. The van der Waals surface area contributed by atoms with Crippen LogP contribution in [0.15, 0.2) is 24.3 Å². The summed E-state index contributed by atoms with van der Waals surface area (Å²) in [5, 5.41) is 0. The summed E-state index contributed by atoms with van der Waals surface area (Å²) in [6.07, 6.45) is -2.02. The van der Waals surface area contributed by atoms with Gasteiger partial charge < -0.3 is 10.5 Å². The van der Waals surface area contributed by atoms with Crippen molar-refractivity contribution >= 4 is 0 Å². The van der Waals surface area contributed by atoms with Gasteiger partial charge in [-0.1, -0.05) is 6.07 Å². The molecule has 0 radical (unpaired) electrons. The first-order valence-electron chi connectivity index (χ1n) is 5.54. The number of ether oxygens (including phenoxy) is 1. The molecule has 0 bridgehead atoms. The fraction of sp³-hybridized carbons (Fsp3) is 0.500. The molecule has 0 amide bonds. The fourth-order valence-electron chi connectivity index (χ4n) is 2.02. The molecule has 0 heterocycles.